The highest BCUT2D eigenvalue weighted by Crippen LogP contribution is 1.93. The molecule has 0 spiro atoms. The van der Waals surface area contributed by atoms with Gasteiger partial charge in [0.05, 0.1) is 12.7 Å². The summed E-state index contributed by atoms with van der Waals surface area (Å²) in [4.78, 5) is 11.5. The first-order chi connectivity index (χ1) is 7.13. The van der Waals surface area contributed by atoms with Crippen molar-refractivity contribution < 1.29 is 4.79 Å². The highest BCUT2D eigenvalue weighted by molar-refractivity contribution is 5.91. The maximum atomic E-state index is 11.5. The fraction of sp³-hybridized carbons (Fsp3) is 0.444. The Kier molecular flexibility index (Phi) is 3.99. The molecule has 0 radical (unpaired) electrons. The second-order valence-electron chi connectivity index (χ2n) is 3.30. The Bertz CT molecular complexity index is 357. The summed E-state index contributed by atoms with van der Waals surface area (Å²) >= 11 is 0. The van der Waals surface area contributed by atoms with Crippen molar-refractivity contribution in [3.05, 3.63) is 24.0 Å². The Morgan fingerprint density at radius 2 is 2.47 bits per heavy atom. The highest BCUT2D eigenvalue weighted by atomic mass is 16.2. The van der Waals surface area contributed by atoms with Crippen LogP contribution >= 0.6 is 0 Å². The molecule has 6 nitrogen and oxygen atoms in total. The van der Waals surface area contributed by atoms with Gasteiger partial charge in [0.1, 0.15) is 0 Å². The van der Waals surface area contributed by atoms with Crippen LogP contribution in [0.25, 0.3) is 0 Å². The minimum absolute atomic E-state index is 0.249. The molecule has 0 bridgehead atoms. The fourth-order valence-corrected chi connectivity index (χ4v) is 0.966. The van der Waals surface area contributed by atoms with E-state index in [9.17, 15) is 4.79 Å². The third kappa shape index (κ3) is 3.51. The summed E-state index contributed by atoms with van der Waals surface area (Å²) in [5.74, 6) is -0.249. The number of amides is 1. The van der Waals surface area contributed by atoms with E-state index in [0.29, 0.717) is 25.3 Å². The predicted octanol–water partition coefficient (Wildman–Crippen LogP) is -0.457. The molecule has 0 aliphatic rings. The van der Waals surface area contributed by atoms with Crippen LogP contribution in [0, 0.1) is 0 Å². The van der Waals surface area contributed by atoms with E-state index in [1.54, 1.807) is 6.20 Å². The topological polar surface area (TPSA) is 85.8 Å². The van der Waals surface area contributed by atoms with Crippen molar-refractivity contribution in [2.75, 3.05) is 13.1 Å². The Labute approximate surface area is 88.1 Å². The number of rotatable bonds is 5. The van der Waals surface area contributed by atoms with E-state index in [0.717, 1.165) is 5.57 Å². The number of carbonyl (C=O) groups is 1. The number of carbonyl (C=O) groups excluding carboxylic acids is 1. The Balaban J connectivity index is 2.54. The van der Waals surface area contributed by atoms with Gasteiger partial charge in [-0.05, 0) is 6.92 Å². The van der Waals surface area contributed by atoms with Crippen molar-refractivity contribution in [1.82, 2.24) is 20.3 Å². The minimum Gasteiger partial charge on any atom is -0.347 e. The van der Waals surface area contributed by atoms with Crippen molar-refractivity contribution in [3.63, 3.8) is 0 Å². The number of nitrogens with one attached hydrogen (secondary N) is 1. The van der Waals surface area contributed by atoms with Gasteiger partial charge >= 0.3 is 0 Å². The van der Waals surface area contributed by atoms with Gasteiger partial charge in [0.2, 0.25) is 0 Å². The Morgan fingerprint density at radius 3 is 3.07 bits per heavy atom. The Hall–Kier alpha value is -1.69. The van der Waals surface area contributed by atoms with Crippen molar-refractivity contribution in [2.45, 2.75) is 13.5 Å². The van der Waals surface area contributed by atoms with Crippen LogP contribution in [0.3, 0.4) is 0 Å². The zero-order chi connectivity index (χ0) is 11.3. The summed E-state index contributed by atoms with van der Waals surface area (Å²) < 4.78 is 1.54. The van der Waals surface area contributed by atoms with Crippen molar-refractivity contribution >= 4 is 5.91 Å². The van der Waals surface area contributed by atoms with Gasteiger partial charge in [-0.3, -0.25) is 9.48 Å². The maximum absolute atomic E-state index is 11.5. The van der Waals surface area contributed by atoms with Crippen LogP contribution in [0.2, 0.25) is 0 Å². The van der Waals surface area contributed by atoms with E-state index in [4.69, 9.17) is 5.73 Å². The quantitative estimate of drug-likeness (QED) is 0.643. The molecule has 1 amide bonds. The van der Waals surface area contributed by atoms with Crippen molar-refractivity contribution in [3.8, 4) is 0 Å². The van der Waals surface area contributed by atoms with E-state index >= 15 is 0 Å². The molecule has 0 saturated heterocycles. The minimum atomic E-state index is -0.249. The number of aromatic nitrogens is 3. The fourth-order valence-electron chi connectivity index (χ4n) is 0.966. The van der Waals surface area contributed by atoms with Gasteiger partial charge in [-0.1, -0.05) is 17.4 Å². The lowest BCUT2D eigenvalue weighted by Crippen LogP contribution is -2.25. The standard InChI is InChI=1S/C9H15N5O/c1-7(2)5-11-9(15)8-6-14(4-3-10)13-12-8/h6H,1,3-5,10H2,2H3,(H,11,15). The summed E-state index contributed by atoms with van der Waals surface area (Å²) in [5.41, 5.74) is 6.53. The van der Waals surface area contributed by atoms with Crippen LogP contribution in [-0.4, -0.2) is 34.0 Å². The zero-order valence-electron chi connectivity index (χ0n) is 8.73. The van der Waals surface area contributed by atoms with E-state index in [1.807, 2.05) is 6.92 Å². The van der Waals surface area contributed by atoms with Gasteiger partial charge in [0.15, 0.2) is 5.69 Å². The molecule has 82 valence electrons. The second-order valence-corrected chi connectivity index (χ2v) is 3.30. The van der Waals surface area contributed by atoms with E-state index in [2.05, 4.69) is 22.2 Å². The number of nitrogens with zero attached hydrogens (tertiary/aromatic N) is 3. The summed E-state index contributed by atoms with van der Waals surface area (Å²) in [5, 5.41) is 10.2. The molecule has 1 aromatic heterocycles. The SMILES string of the molecule is C=C(C)CNC(=O)c1cn(CCN)nn1. The number of hydrogen-bond donors (Lipinski definition) is 2. The van der Waals surface area contributed by atoms with Crippen LogP contribution in [0.15, 0.2) is 18.3 Å². The van der Waals surface area contributed by atoms with Crippen LogP contribution in [0.5, 0.6) is 0 Å². The van der Waals surface area contributed by atoms with Crippen LogP contribution in [0.4, 0.5) is 0 Å². The molecule has 0 saturated carbocycles. The molecule has 1 rings (SSSR count). The molecule has 0 atom stereocenters. The predicted molar refractivity (Wildman–Crippen MR) is 56.2 cm³/mol. The van der Waals surface area contributed by atoms with Crippen molar-refractivity contribution in [1.29, 1.82) is 0 Å². The summed E-state index contributed by atoms with van der Waals surface area (Å²) in [6.45, 7) is 6.99. The van der Waals surface area contributed by atoms with Crippen molar-refractivity contribution in [2.24, 2.45) is 5.73 Å². The Morgan fingerprint density at radius 1 is 1.73 bits per heavy atom. The largest absolute Gasteiger partial charge is 0.347 e. The van der Waals surface area contributed by atoms with Gasteiger partial charge in [-0.25, -0.2) is 0 Å². The molecule has 3 N–H and O–H groups in total. The van der Waals surface area contributed by atoms with E-state index in [-0.39, 0.29) is 5.91 Å². The lowest BCUT2D eigenvalue weighted by atomic mass is 10.3. The smallest absolute Gasteiger partial charge is 0.273 e. The van der Waals surface area contributed by atoms with Crippen LogP contribution in [-0.2, 0) is 6.54 Å². The molecule has 1 heterocycles. The average molecular weight is 209 g/mol. The van der Waals surface area contributed by atoms with Gasteiger partial charge < -0.3 is 11.1 Å². The van der Waals surface area contributed by atoms with E-state index in [1.165, 1.54) is 4.68 Å². The van der Waals surface area contributed by atoms with Crippen LogP contribution < -0.4 is 11.1 Å². The average Bonchev–Trinajstić information content (AvgIpc) is 2.63. The third-order valence-corrected chi connectivity index (χ3v) is 1.68. The molecular formula is C9H15N5O. The molecule has 0 fully saturated rings. The monoisotopic (exact) mass is 209 g/mol. The summed E-state index contributed by atoms with van der Waals surface area (Å²) in [6.07, 6.45) is 1.57. The number of nitrogens with two attached hydrogens (primary N) is 1. The molecule has 0 aliphatic carbocycles. The normalized spacial score (nSPS) is 10.0. The molecule has 6 heteroatoms. The summed E-state index contributed by atoms with van der Waals surface area (Å²) in [6, 6.07) is 0. The lowest BCUT2D eigenvalue weighted by molar-refractivity contribution is 0.0952. The van der Waals surface area contributed by atoms with Crippen LogP contribution in [0.1, 0.15) is 17.4 Å². The van der Waals surface area contributed by atoms with Gasteiger partial charge in [-0.15, -0.1) is 5.10 Å². The first-order valence-corrected chi connectivity index (χ1v) is 4.66. The second kappa shape index (κ2) is 5.26. The molecule has 0 aromatic carbocycles. The third-order valence-electron chi connectivity index (χ3n) is 1.68. The zero-order valence-corrected chi connectivity index (χ0v) is 8.73. The first kappa shape index (κ1) is 11.4. The molecule has 15 heavy (non-hydrogen) atoms. The molecule has 0 aliphatic heterocycles. The first-order valence-electron chi connectivity index (χ1n) is 4.66. The number of hydrogen-bond acceptors (Lipinski definition) is 4. The van der Waals surface area contributed by atoms with E-state index < -0.39 is 0 Å². The molecular weight excluding hydrogens is 194 g/mol. The van der Waals surface area contributed by atoms with Gasteiger partial charge in [0, 0.05) is 13.1 Å². The van der Waals surface area contributed by atoms with Gasteiger partial charge in [-0.2, -0.15) is 0 Å². The van der Waals surface area contributed by atoms with Gasteiger partial charge in [0.25, 0.3) is 5.91 Å². The molecule has 0 unspecified atom stereocenters. The lowest BCUT2D eigenvalue weighted by Gasteiger charge is -2.00. The highest BCUT2D eigenvalue weighted by Gasteiger charge is 2.09. The maximum Gasteiger partial charge on any atom is 0.273 e. The molecule has 1 aromatic rings. The summed E-state index contributed by atoms with van der Waals surface area (Å²) in [7, 11) is 0.